The average molecular weight is 359 g/mol. The van der Waals surface area contributed by atoms with Crippen LogP contribution in [0.25, 0.3) is 0 Å². The predicted molar refractivity (Wildman–Crippen MR) is 96.6 cm³/mol. The fraction of sp³-hybridized carbons (Fsp3) is 0.316. The highest BCUT2D eigenvalue weighted by atomic mass is 32.2. The lowest BCUT2D eigenvalue weighted by molar-refractivity contribution is 0.0599. The fourth-order valence-corrected chi connectivity index (χ4v) is 5.09. The number of rotatable bonds is 3. The zero-order valence-corrected chi connectivity index (χ0v) is 15.4. The Morgan fingerprint density at radius 1 is 1.16 bits per heavy atom. The van der Waals surface area contributed by atoms with E-state index in [1.165, 1.54) is 11.4 Å². The summed E-state index contributed by atoms with van der Waals surface area (Å²) in [5.41, 5.74) is 3.33. The first-order valence-electron chi connectivity index (χ1n) is 8.16. The number of ether oxygens (including phenoxy) is 1. The Labute approximate surface area is 148 Å². The van der Waals surface area contributed by atoms with Crippen molar-refractivity contribution in [2.75, 3.05) is 18.0 Å². The lowest BCUT2D eigenvalue weighted by Gasteiger charge is -2.31. The largest absolute Gasteiger partial charge is 0.465 e. The van der Waals surface area contributed by atoms with Gasteiger partial charge in [0.25, 0.3) is 10.0 Å². The van der Waals surface area contributed by atoms with E-state index in [2.05, 4.69) is 0 Å². The molecule has 0 unspecified atom stereocenters. The first-order chi connectivity index (χ1) is 11.9. The molecular weight excluding hydrogens is 338 g/mol. The number of carbonyl (C=O) groups excluding carboxylic acids is 1. The van der Waals surface area contributed by atoms with Crippen molar-refractivity contribution in [2.24, 2.45) is 0 Å². The average Bonchev–Trinajstić information content (AvgIpc) is 2.61. The molecule has 0 bridgehead atoms. The van der Waals surface area contributed by atoms with Crippen LogP contribution in [0.1, 0.15) is 33.5 Å². The van der Waals surface area contributed by atoms with Gasteiger partial charge in [-0.1, -0.05) is 18.2 Å². The van der Waals surface area contributed by atoms with Gasteiger partial charge in [-0.15, -0.1) is 0 Å². The van der Waals surface area contributed by atoms with Crippen molar-refractivity contribution < 1.29 is 17.9 Å². The molecule has 1 aliphatic heterocycles. The number of benzene rings is 2. The molecule has 1 aliphatic rings. The number of sulfonamides is 1. The van der Waals surface area contributed by atoms with Gasteiger partial charge < -0.3 is 4.74 Å². The predicted octanol–water partition coefficient (Wildman–Crippen LogP) is 3.23. The second-order valence-corrected chi connectivity index (χ2v) is 8.08. The topological polar surface area (TPSA) is 63.7 Å². The minimum Gasteiger partial charge on any atom is -0.465 e. The van der Waals surface area contributed by atoms with Crippen molar-refractivity contribution >= 4 is 21.7 Å². The molecule has 0 atom stereocenters. The molecule has 2 aromatic rings. The van der Waals surface area contributed by atoms with E-state index in [0.29, 0.717) is 41.1 Å². The van der Waals surface area contributed by atoms with Gasteiger partial charge in [0, 0.05) is 6.54 Å². The Hall–Kier alpha value is -2.34. The highest BCUT2D eigenvalue weighted by Gasteiger charge is 2.32. The third-order valence-corrected chi connectivity index (χ3v) is 6.48. The van der Waals surface area contributed by atoms with Gasteiger partial charge in [0.1, 0.15) is 0 Å². The molecule has 0 amide bonds. The van der Waals surface area contributed by atoms with Gasteiger partial charge in [0.15, 0.2) is 0 Å². The second kappa shape index (κ2) is 6.52. The number of nitrogens with zero attached hydrogens (tertiary/aromatic N) is 1. The molecule has 0 spiro atoms. The molecule has 0 aliphatic carbocycles. The zero-order valence-electron chi connectivity index (χ0n) is 14.6. The van der Waals surface area contributed by atoms with E-state index in [1.807, 2.05) is 19.1 Å². The minimum absolute atomic E-state index is 0.309. The summed E-state index contributed by atoms with van der Waals surface area (Å²) < 4.78 is 32.8. The maximum atomic E-state index is 13.3. The molecule has 0 fully saturated rings. The summed E-state index contributed by atoms with van der Waals surface area (Å²) in [6, 6.07) is 10.5. The van der Waals surface area contributed by atoms with Gasteiger partial charge in [-0.2, -0.15) is 0 Å². The standard InChI is InChI=1S/C19H21NO4S/c1-13-9-10-14(2)18(12-13)25(22,23)20-11-5-7-15-16(19(21)24-3)6-4-8-17(15)20/h4,6,8-10,12H,5,7,11H2,1-3H3. The Kier molecular flexibility index (Phi) is 4.56. The van der Waals surface area contributed by atoms with Gasteiger partial charge in [-0.3, -0.25) is 4.31 Å². The Morgan fingerprint density at radius 2 is 1.92 bits per heavy atom. The summed E-state index contributed by atoms with van der Waals surface area (Å²) >= 11 is 0. The van der Waals surface area contributed by atoms with Crippen LogP contribution in [0.3, 0.4) is 0 Å². The van der Waals surface area contributed by atoms with Crippen LogP contribution in [0.2, 0.25) is 0 Å². The summed E-state index contributed by atoms with van der Waals surface area (Å²) in [5.74, 6) is -0.442. The smallest absolute Gasteiger partial charge is 0.338 e. The van der Waals surface area contributed by atoms with E-state index >= 15 is 0 Å². The van der Waals surface area contributed by atoms with Crippen molar-refractivity contribution in [3.63, 3.8) is 0 Å². The first-order valence-corrected chi connectivity index (χ1v) is 9.60. The van der Waals surface area contributed by atoms with E-state index in [4.69, 9.17) is 4.74 Å². The molecule has 6 heteroatoms. The lowest BCUT2D eigenvalue weighted by atomic mass is 9.98. The zero-order chi connectivity index (χ0) is 18.2. The molecule has 0 saturated carbocycles. The quantitative estimate of drug-likeness (QED) is 0.789. The summed E-state index contributed by atoms with van der Waals surface area (Å²) in [6.07, 6.45) is 1.31. The number of fused-ring (bicyclic) bond motifs is 1. The van der Waals surface area contributed by atoms with Crippen LogP contribution in [-0.2, 0) is 21.2 Å². The van der Waals surface area contributed by atoms with Gasteiger partial charge >= 0.3 is 5.97 Å². The third-order valence-electron chi connectivity index (χ3n) is 4.52. The minimum atomic E-state index is -3.70. The van der Waals surface area contributed by atoms with Crippen molar-refractivity contribution in [1.82, 2.24) is 0 Å². The number of anilines is 1. The van der Waals surface area contributed by atoms with Crippen LogP contribution in [0.4, 0.5) is 5.69 Å². The molecule has 3 rings (SSSR count). The van der Waals surface area contributed by atoms with Crippen LogP contribution in [0.15, 0.2) is 41.3 Å². The van der Waals surface area contributed by atoms with E-state index in [9.17, 15) is 13.2 Å². The van der Waals surface area contributed by atoms with E-state index < -0.39 is 16.0 Å². The molecule has 0 aromatic heterocycles. The van der Waals surface area contributed by atoms with Crippen molar-refractivity contribution in [2.45, 2.75) is 31.6 Å². The lowest BCUT2D eigenvalue weighted by Crippen LogP contribution is -2.36. The Morgan fingerprint density at radius 3 is 2.64 bits per heavy atom. The number of hydrogen-bond acceptors (Lipinski definition) is 4. The van der Waals surface area contributed by atoms with E-state index in [1.54, 1.807) is 31.2 Å². The number of methoxy groups -OCH3 is 1. The van der Waals surface area contributed by atoms with Crippen molar-refractivity contribution in [3.8, 4) is 0 Å². The summed E-state index contributed by atoms with van der Waals surface area (Å²) in [4.78, 5) is 12.3. The molecule has 5 nitrogen and oxygen atoms in total. The maximum absolute atomic E-state index is 13.3. The van der Waals surface area contributed by atoms with Crippen LogP contribution in [-0.4, -0.2) is 28.0 Å². The summed E-state index contributed by atoms with van der Waals surface area (Å²) in [7, 11) is -2.37. The van der Waals surface area contributed by atoms with E-state index in [0.717, 1.165) is 11.1 Å². The van der Waals surface area contributed by atoms with Crippen molar-refractivity contribution in [1.29, 1.82) is 0 Å². The molecular formula is C19H21NO4S. The summed E-state index contributed by atoms with van der Waals surface area (Å²) in [6.45, 7) is 4.06. The molecule has 0 radical (unpaired) electrons. The Bertz CT molecular complexity index is 934. The van der Waals surface area contributed by atoms with E-state index in [-0.39, 0.29) is 0 Å². The molecule has 0 N–H and O–H groups in total. The van der Waals surface area contributed by atoms with Crippen LogP contribution >= 0.6 is 0 Å². The van der Waals surface area contributed by atoms with Gasteiger partial charge in [-0.05, 0) is 61.6 Å². The first kappa shape index (κ1) is 17.5. The second-order valence-electron chi connectivity index (χ2n) is 6.24. The molecule has 25 heavy (non-hydrogen) atoms. The van der Waals surface area contributed by atoms with Gasteiger partial charge in [-0.25, -0.2) is 13.2 Å². The normalized spacial score (nSPS) is 14.1. The third kappa shape index (κ3) is 3.02. The number of esters is 1. The number of carbonyl (C=O) groups is 1. The molecule has 1 heterocycles. The molecule has 0 saturated heterocycles. The van der Waals surface area contributed by atoms with Gasteiger partial charge in [0.05, 0.1) is 23.3 Å². The molecule has 2 aromatic carbocycles. The van der Waals surface area contributed by atoms with Crippen LogP contribution in [0.5, 0.6) is 0 Å². The van der Waals surface area contributed by atoms with Gasteiger partial charge in [0.2, 0.25) is 0 Å². The highest BCUT2D eigenvalue weighted by molar-refractivity contribution is 7.92. The molecule has 132 valence electrons. The number of aryl methyl sites for hydroxylation is 2. The SMILES string of the molecule is COC(=O)c1cccc2c1CCCN2S(=O)(=O)c1cc(C)ccc1C. The monoisotopic (exact) mass is 359 g/mol. The van der Waals surface area contributed by atoms with Crippen molar-refractivity contribution in [3.05, 3.63) is 58.7 Å². The van der Waals surface area contributed by atoms with Crippen LogP contribution < -0.4 is 4.31 Å². The number of hydrogen-bond donors (Lipinski definition) is 0. The summed E-state index contributed by atoms with van der Waals surface area (Å²) in [5, 5.41) is 0. The Balaban J connectivity index is 2.15. The maximum Gasteiger partial charge on any atom is 0.338 e. The fourth-order valence-electron chi connectivity index (χ4n) is 3.25. The highest BCUT2D eigenvalue weighted by Crippen LogP contribution is 2.35. The van der Waals surface area contributed by atoms with Crippen LogP contribution in [0, 0.1) is 13.8 Å².